The van der Waals surface area contributed by atoms with E-state index in [0.717, 1.165) is 12.1 Å². The third-order valence-electron chi connectivity index (χ3n) is 4.26. The van der Waals surface area contributed by atoms with E-state index in [9.17, 15) is 27.6 Å². The van der Waals surface area contributed by atoms with Crippen molar-refractivity contribution in [2.45, 2.75) is 19.1 Å². The van der Waals surface area contributed by atoms with Gasteiger partial charge in [-0.1, -0.05) is 30.0 Å². The molecule has 1 aromatic heterocycles. The molecule has 9 heteroatoms. The second kappa shape index (κ2) is 8.69. The number of rotatable bonds is 4. The molecule has 6 nitrogen and oxygen atoms in total. The van der Waals surface area contributed by atoms with E-state index in [-0.39, 0.29) is 25.1 Å². The van der Waals surface area contributed by atoms with Gasteiger partial charge in [-0.15, -0.1) is 0 Å². The second-order valence-electron chi connectivity index (χ2n) is 6.34. The molecule has 1 heterocycles. The summed E-state index contributed by atoms with van der Waals surface area (Å²) in [6, 6.07) is 11.1. The van der Waals surface area contributed by atoms with E-state index in [2.05, 4.69) is 22.1 Å². The SMILES string of the molecule is O=C(CCn1c(=O)[nH]c(=O)c2ccccc21)NCC#Cc1cccc(C(F)(F)F)c1. The van der Waals surface area contributed by atoms with E-state index >= 15 is 0 Å². The molecule has 3 rings (SSSR count). The minimum atomic E-state index is -4.45. The van der Waals surface area contributed by atoms with Crippen LogP contribution in [-0.2, 0) is 17.5 Å². The average Bonchev–Trinajstić information content (AvgIpc) is 2.71. The highest BCUT2D eigenvalue weighted by molar-refractivity contribution is 5.79. The van der Waals surface area contributed by atoms with Crippen LogP contribution in [0.2, 0.25) is 0 Å². The van der Waals surface area contributed by atoms with Crippen LogP contribution in [0.3, 0.4) is 0 Å². The van der Waals surface area contributed by atoms with Gasteiger partial charge < -0.3 is 5.32 Å². The Morgan fingerprint density at radius 3 is 2.63 bits per heavy atom. The lowest BCUT2D eigenvalue weighted by molar-refractivity contribution is -0.137. The highest BCUT2D eigenvalue weighted by Gasteiger charge is 2.30. The minimum Gasteiger partial charge on any atom is -0.345 e. The molecule has 0 radical (unpaired) electrons. The maximum atomic E-state index is 12.7. The Morgan fingerprint density at radius 1 is 1.10 bits per heavy atom. The monoisotopic (exact) mass is 415 g/mol. The maximum Gasteiger partial charge on any atom is 0.416 e. The Labute approximate surface area is 168 Å². The Morgan fingerprint density at radius 2 is 1.87 bits per heavy atom. The summed E-state index contributed by atoms with van der Waals surface area (Å²) in [4.78, 5) is 38.1. The number of H-pyrrole nitrogens is 1. The molecule has 1 amide bonds. The van der Waals surface area contributed by atoms with Crippen LogP contribution < -0.4 is 16.6 Å². The number of carbonyl (C=O) groups is 1. The number of fused-ring (bicyclic) bond motifs is 1. The summed E-state index contributed by atoms with van der Waals surface area (Å²) >= 11 is 0. The number of amides is 1. The van der Waals surface area contributed by atoms with Gasteiger partial charge in [-0.05, 0) is 30.3 Å². The summed E-state index contributed by atoms with van der Waals surface area (Å²) in [6.45, 7) is -0.0145. The summed E-state index contributed by atoms with van der Waals surface area (Å²) in [5.41, 5.74) is -1.30. The number of hydrogen-bond acceptors (Lipinski definition) is 3. The first kappa shape index (κ1) is 20.9. The molecule has 0 spiro atoms. The lowest BCUT2D eigenvalue weighted by Crippen LogP contribution is -2.32. The normalized spacial score (nSPS) is 11.0. The zero-order chi connectivity index (χ0) is 21.7. The Kier molecular flexibility index (Phi) is 6.06. The van der Waals surface area contributed by atoms with Crippen molar-refractivity contribution in [1.82, 2.24) is 14.9 Å². The van der Waals surface area contributed by atoms with E-state index in [1.54, 1.807) is 24.3 Å². The van der Waals surface area contributed by atoms with Gasteiger partial charge in [0.15, 0.2) is 0 Å². The van der Waals surface area contributed by atoms with Crippen LogP contribution in [0, 0.1) is 11.8 Å². The first-order valence-corrected chi connectivity index (χ1v) is 8.90. The molecule has 3 aromatic rings. The molecule has 0 saturated carbocycles. The zero-order valence-corrected chi connectivity index (χ0v) is 15.5. The number of benzene rings is 2. The zero-order valence-electron chi connectivity index (χ0n) is 15.5. The molecule has 0 aliphatic carbocycles. The van der Waals surface area contributed by atoms with Gasteiger partial charge in [0.1, 0.15) is 0 Å². The van der Waals surface area contributed by atoms with Crippen LogP contribution in [0.15, 0.2) is 58.1 Å². The molecule has 0 saturated heterocycles. The lowest BCUT2D eigenvalue weighted by Gasteiger charge is -2.09. The minimum absolute atomic E-state index is 0.0405. The third-order valence-corrected chi connectivity index (χ3v) is 4.26. The van der Waals surface area contributed by atoms with Crippen molar-refractivity contribution in [3.8, 4) is 11.8 Å². The quantitative estimate of drug-likeness (QED) is 0.642. The fraction of sp³-hybridized carbons (Fsp3) is 0.190. The number of carbonyl (C=O) groups excluding carboxylic acids is 1. The van der Waals surface area contributed by atoms with Crippen LogP contribution in [0.25, 0.3) is 10.9 Å². The largest absolute Gasteiger partial charge is 0.416 e. The number of aromatic nitrogens is 2. The van der Waals surface area contributed by atoms with Gasteiger partial charge in [0, 0.05) is 18.5 Å². The number of nitrogens with one attached hydrogen (secondary N) is 2. The number of nitrogens with zero attached hydrogens (tertiary/aromatic N) is 1. The highest BCUT2D eigenvalue weighted by atomic mass is 19.4. The van der Waals surface area contributed by atoms with Crippen molar-refractivity contribution < 1.29 is 18.0 Å². The summed E-state index contributed by atoms with van der Waals surface area (Å²) < 4.78 is 39.4. The summed E-state index contributed by atoms with van der Waals surface area (Å²) in [7, 11) is 0. The van der Waals surface area contributed by atoms with Gasteiger partial charge in [-0.3, -0.25) is 19.1 Å². The fourth-order valence-electron chi connectivity index (χ4n) is 2.83. The highest BCUT2D eigenvalue weighted by Crippen LogP contribution is 2.29. The summed E-state index contributed by atoms with van der Waals surface area (Å²) in [5, 5.41) is 2.86. The van der Waals surface area contributed by atoms with Gasteiger partial charge >= 0.3 is 11.9 Å². The Balaban J connectivity index is 1.60. The molecule has 0 bridgehead atoms. The lowest BCUT2D eigenvalue weighted by atomic mass is 10.1. The first-order valence-electron chi connectivity index (χ1n) is 8.90. The molecular weight excluding hydrogens is 399 g/mol. The predicted molar refractivity (Wildman–Crippen MR) is 105 cm³/mol. The number of aromatic amines is 1. The number of aryl methyl sites for hydroxylation is 1. The second-order valence-corrected chi connectivity index (χ2v) is 6.34. The van der Waals surface area contributed by atoms with Crippen molar-refractivity contribution in [1.29, 1.82) is 0 Å². The Bertz CT molecular complexity index is 1260. The van der Waals surface area contributed by atoms with Gasteiger partial charge in [0.25, 0.3) is 5.56 Å². The molecule has 0 aliphatic rings. The van der Waals surface area contributed by atoms with Crippen LogP contribution >= 0.6 is 0 Å². The van der Waals surface area contributed by atoms with Crippen LogP contribution in [0.5, 0.6) is 0 Å². The molecule has 2 N–H and O–H groups in total. The number of alkyl halides is 3. The van der Waals surface area contributed by atoms with E-state index in [0.29, 0.717) is 10.9 Å². The number of hydrogen-bond donors (Lipinski definition) is 2. The van der Waals surface area contributed by atoms with E-state index in [1.807, 2.05) is 0 Å². The standard InChI is InChI=1S/C21H16F3N3O3/c22-21(23,24)15-7-3-5-14(13-15)6-4-11-25-18(28)10-12-27-17-9-2-1-8-16(17)19(29)26-20(27)30/h1-3,5,7-9,13H,10-12H2,(H,25,28)(H,26,29,30). The van der Waals surface area contributed by atoms with Crippen molar-refractivity contribution in [3.63, 3.8) is 0 Å². The molecule has 2 aromatic carbocycles. The van der Waals surface area contributed by atoms with Gasteiger partial charge in [0.05, 0.1) is 23.0 Å². The van der Waals surface area contributed by atoms with Gasteiger partial charge in [-0.25, -0.2) is 4.79 Å². The smallest absolute Gasteiger partial charge is 0.345 e. The van der Waals surface area contributed by atoms with Gasteiger partial charge in [-0.2, -0.15) is 13.2 Å². The van der Waals surface area contributed by atoms with Crippen LogP contribution in [0.1, 0.15) is 17.5 Å². The average molecular weight is 415 g/mol. The molecule has 0 aliphatic heterocycles. The van der Waals surface area contributed by atoms with Crippen molar-refractivity contribution in [2.75, 3.05) is 6.54 Å². The predicted octanol–water partition coefficient (Wildman–Crippen LogP) is 2.27. The molecule has 0 unspecified atom stereocenters. The van der Waals surface area contributed by atoms with E-state index in [1.165, 1.54) is 16.7 Å². The molecule has 154 valence electrons. The number of halogens is 3. The molecule has 0 fully saturated rings. The third kappa shape index (κ3) is 4.97. The fourth-order valence-corrected chi connectivity index (χ4v) is 2.83. The maximum absolute atomic E-state index is 12.7. The summed E-state index contributed by atoms with van der Waals surface area (Å²) in [6.07, 6.45) is -4.49. The van der Waals surface area contributed by atoms with E-state index in [4.69, 9.17) is 0 Å². The van der Waals surface area contributed by atoms with Gasteiger partial charge in [0.2, 0.25) is 5.91 Å². The van der Waals surface area contributed by atoms with Crippen molar-refractivity contribution in [3.05, 3.63) is 80.5 Å². The number of para-hydroxylation sites is 1. The topological polar surface area (TPSA) is 84.0 Å². The Hall–Kier alpha value is -3.80. The van der Waals surface area contributed by atoms with Crippen LogP contribution in [-0.4, -0.2) is 22.0 Å². The molecular formula is C21H16F3N3O3. The van der Waals surface area contributed by atoms with Crippen LogP contribution in [0.4, 0.5) is 13.2 Å². The molecule has 0 atom stereocenters. The van der Waals surface area contributed by atoms with E-state index < -0.39 is 28.9 Å². The first-order chi connectivity index (χ1) is 14.3. The van der Waals surface area contributed by atoms with Crippen molar-refractivity contribution in [2.24, 2.45) is 0 Å². The summed E-state index contributed by atoms with van der Waals surface area (Å²) in [5.74, 6) is 4.77. The molecule has 30 heavy (non-hydrogen) atoms. The van der Waals surface area contributed by atoms with Crippen molar-refractivity contribution >= 4 is 16.8 Å².